The molecule has 0 amide bonds. The van der Waals surface area contributed by atoms with E-state index < -0.39 is 0 Å². The van der Waals surface area contributed by atoms with Crippen molar-refractivity contribution in [2.24, 2.45) is 4.99 Å². The van der Waals surface area contributed by atoms with Gasteiger partial charge in [-0.05, 0) is 32.3 Å². The summed E-state index contributed by atoms with van der Waals surface area (Å²) in [7, 11) is 3.47. The molecule has 2 rings (SSSR count). The Hall–Kier alpha value is -1.83. The Labute approximate surface area is 173 Å². The first kappa shape index (κ1) is 22.2. The zero-order chi connectivity index (χ0) is 18.1. The number of pyridine rings is 1. The highest BCUT2D eigenvalue weighted by Gasteiger charge is 2.09. The molecular formula is C20H29IN4O. The van der Waals surface area contributed by atoms with Gasteiger partial charge in [-0.3, -0.25) is 9.98 Å². The van der Waals surface area contributed by atoms with Crippen LogP contribution in [-0.4, -0.2) is 31.6 Å². The molecule has 0 saturated heterocycles. The largest absolute Gasteiger partial charge is 0.496 e. The number of methoxy groups -OCH3 is 1. The van der Waals surface area contributed by atoms with Crippen LogP contribution in [0.3, 0.4) is 0 Å². The molecule has 2 aromatic rings. The Balaban J connectivity index is 0.00000338. The number of hydrogen-bond donors (Lipinski definition) is 2. The molecule has 0 atom stereocenters. The highest BCUT2D eigenvalue weighted by molar-refractivity contribution is 14.0. The van der Waals surface area contributed by atoms with Crippen LogP contribution in [0, 0.1) is 13.8 Å². The normalized spacial score (nSPS) is 10.8. The van der Waals surface area contributed by atoms with Crippen molar-refractivity contribution in [3.63, 3.8) is 0 Å². The van der Waals surface area contributed by atoms with Crippen LogP contribution in [-0.2, 0) is 13.0 Å². The number of benzene rings is 1. The molecule has 0 radical (unpaired) electrons. The van der Waals surface area contributed by atoms with Crippen LogP contribution in [0.15, 0.2) is 41.5 Å². The average Bonchev–Trinajstić information content (AvgIpc) is 2.64. The molecule has 142 valence electrons. The molecule has 1 aromatic heterocycles. The first-order valence-electron chi connectivity index (χ1n) is 8.63. The van der Waals surface area contributed by atoms with Crippen LogP contribution in [0.1, 0.15) is 28.8 Å². The SMILES string of the molecule is CN=C(NCCCc1ccccc1)NCc1ncc(C)c(OC)c1C.I. The summed E-state index contributed by atoms with van der Waals surface area (Å²) in [6, 6.07) is 10.5. The van der Waals surface area contributed by atoms with E-state index >= 15 is 0 Å². The van der Waals surface area contributed by atoms with E-state index in [1.54, 1.807) is 14.2 Å². The van der Waals surface area contributed by atoms with Gasteiger partial charge in [0.15, 0.2) is 5.96 Å². The zero-order valence-corrected chi connectivity index (χ0v) is 18.3. The van der Waals surface area contributed by atoms with Crippen LogP contribution < -0.4 is 15.4 Å². The second kappa shape index (κ2) is 11.7. The molecule has 5 nitrogen and oxygen atoms in total. The van der Waals surface area contributed by atoms with Gasteiger partial charge in [-0.25, -0.2) is 0 Å². The summed E-state index contributed by atoms with van der Waals surface area (Å²) in [5.41, 5.74) is 4.44. The van der Waals surface area contributed by atoms with Crippen molar-refractivity contribution >= 4 is 29.9 Å². The molecule has 0 unspecified atom stereocenters. The number of aryl methyl sites for hydroxylation is 2. The van der Waals surface area contributed by atoms with Gasteiger partial charge >= 0.3 is 0 Å². The maximum Gasteiger partial charge on any atom is 0.191 e. The number of nitrogens with zero attached hydrogens (tertiary/aromatic N) is 2. The Kier molecular flexibility index (Phi) is 10.0. The van der Waals surface area contributed by atoms with Gasteiger partial charge in [-0.1, -0.05) is 30.3 Å². The lowest BCUT2D eigenvalue weighted by atomic mass is 10.1. The predicted octanol–water partition coefficient (Wildman–Crippen LogP) is 3.62. The number of aliphatic imine (C=N–C) groups is 1. The van der Waals surface area contributed by atoms with E-state index in [2.05, 4.69) is 44.9 Å². The Bertz CT molecular complexity index is 704. The fraction of sp³-hybridized carbons (Fsp3) is 0.400. The van der Waals surface area contributed by atoms with Crippen LogP contribution >= 0.6 is 24.0 Å². The molecule has 26 heavy (non-hydrogen) atoms. The number of hydrogen-bond acceptors (Lipinski definition) is 3. The Morgan fingerprint density at radius 3 is 2.54 bits per heavy atom. The Morgan fingerprint density at radius 1 is 1.15 bits per heavy atom. The lowest BCUT2D eigenvalue weighted by molar-refractivity contribution is 0.406. The van der Waals surface area contributed by atoms with E-state index in [1.807, 2.05) is 26.1 Å². The summed E-state index contributed by atoms with van der Waals surface area (Å²) in [5.74, 6) is 1.69. The van der Waals surface area contributed by atoms with Gasteiger partial charge in [-0.2, -0.15) is 0 Å². The summed E-state index contributed by atoms with van der Waals surface area (Å²) in [4.78, 5) is 8.78. The number of rotatable bonds is 7. The molecule has 2 N–H and O–H groups in total. The minimum absolute atomic E-state index is 0. The van der Waals surface area contributed by atoms with E-state index in [0.717, 1.165) is 47.9 Å². The molecule has 1 aromatic carbocycles. The summed E-state index contributed by atoms with van der Waals surface area (Å²) < 4.78 is 5.46. The molecule has 0 aliphatic heterocycles. The van der Waals surface area contributed by atoms with Crippen molar-refractivity contribution in [3.05, 3.63) is 58.9 Å². The summed E-state index contributed by atoms with van der Waals surface area (Å²) >= 11 is 0. The third kappa shape index (κ3) is 6.48. The molecular weight excluding hydrogens is 439 g/mol. The third-order valence-electron chi connectivity index (χ3n) is 4.17. The average molecular weight is 468 g/mol. The molecule has 0 saturated carbocycles. The fourth-order valence-electron chi connectivity index (χ4n) is 2.78. The highest BCUT2D eigenvalue weighted by atomic mass is 127. The van der Waals surface area contributed by atoms with E-state index in [4.69, 9.17) is 4.74 Å². The van der Waals surface area contributed by atoms with Crippen LogP contribution in [0.5, 0.6) is 5.75 Å². The lowest BCUT2D eigenvalue weighted by Crippen LogP contribution is -2.37. The number of aromatic nitrogens is 1. The van der Waals surface area contributed by atoms with Crippen molar-refractivity contribution in [1.82, 2.24) is 15.6 Å². The number of halogens is 1. The molecule has 0 fully saturated rings. The Morgan fingerprint density at radius 2 is 1.88 bits per heavy atom. The summed E-state index contributed by atoms with van der Waals surface area (Å²) in [5, 5.41) is 6.67. The second-order valence-electron chi connectivity index (χ2n) is 5.99. The summed E-state index contributed by atoms with van der Waals surface area (Å²) in [6.07, 6.45) is 3.96. The van der Waals surface area contributed by atoms with Crippen molar-refractivity contribution in [2.45, 2.75) is 33.2 Å². The minimum atomic E-state index is 0. The molecule has 0 aliphatic rings. The quantitative estimate of drug-likeness (QED) is 0.282. The van der Waals surface area contributed by atoms with Gasteiger partial charge in [0.1, 0.15) is 5.75 Å². The monoisotopic (exact) mass is 468 g/mol. The van der Waals surface area contributed by atoms with E-state index in [-0.39, 0.29) is 24.0 Å². The van der Waals surface area contributed by atoms with Gasteiger partial charge in [0, 0.05) is 30.9 Å². The first-order chi connectivity index (χ1) is 12.2. The first-order valence-corrected chi connectivity index (χ1v) is 8.63. The van der Waals surface area contributed by atoms with Gasteiger partial charge in [0.25, 0.3) is 0 Å². The fourth-order valence-corrected chi connectivity index (χ4v) is 2.78. The van der Waals surface area contributed by atoms with Crippen LogP contribution in [0.25, 0.3) is 0 Å². The van der Waals surface area contributed by atoms with Crippen LogP contribution in [0.4, 0.5) is 0 Å². The maximum atomic E-state index is 5.46. The highest BCUT2D eigenvalue weighted by Crippen LogP contribution is 2.23. The maximum absolute atomic E-state index is 5.46. The van der Waals surface area contributed by atoms with Gasteiger partial charge in [0.2, 0.25) is 0 Å². The number of ether oxygens (including phenoxy) is 1. The number of guanidine groups is 1. The minimum Gasteiger partial charge on any atom is -0.496 e. The van der Waals surface area contributed by atoms with Crippen LogP contribution in [0.2, 0.25) is 0 Å². The topological polar surface area (TPSA) is 58.5 Å². The predicted molar refractivity (Wildman–Crippen MR) is 119 cm³/mol. The van der Waals surface area contributed by atoms with E-state index in [0.29, 0.717) is 6.54 Å². The molecule has 1 heterocycles. The molecule has 0 bridgehead atoms. The van der Waals surface area contributed by atoms with Crippen molar-refractivity contribution in [3.8, 4) is 5.75 Å². The van der Waals surface area contributed by atoms with Crippen molar-refractivity contribution in [1.29, 1.82) is 0 Å². The summed E-state index contributed by atoms with van der Waals surface area (Å²) in [6.45, 7) is 5.52. The van der Waals surface area contributed by atoms with Crippen molar-refractivity contribution < 1.29 is 4.74 Å². The van der Waals surface area contributed by atoms with Crippen molar-refractivity contribution in [2.75, 3.05) is 20.7 Å². The second-order valence-corrected chi connectivity index (χ2v) is 5.99. The van der Waals surface area contributed by atoms with E-state index in [9.17, 15) is 0 Å². The number of nitrogens with one attached hydrogen (secondary N) is 2. The lowest BCUT2D eigenvalue weighted by Gasteiger charge is -2.15. The molecule has 6 heteroatoms. The molecule has 0 aliphatic carbocycles. The van der Waals surface area contributed by atoms with Gasteiger partial charge in [-0.15, -0.1) is 24.0 Å². The van der Waals surface area contributed by atoms with Gasteiger partial charge in [0.05, 0.1) is 19.3 Å². The van der Waals surface area contributed by atoms with Gasteiger partial charge < -0.3 is 15.4 Å². The third-order valence-corrected chi connectivity index (χ3v) is 4.17. The molecule has 0 spiro atoms. The zero-order valence-electron chi connectivity index (χ0n) is 16.0. The standard InChI is InChI=1S/C20H28N4O.HI/c1-15-13-23-18(16(2)19(15)25-4)14-24-20(21-3)22-12-8-11-17-9-6-5-7-10-17;/h5-7,9-10,13H,8,11-12,14H2,1-4H3,(H2,21,22,24);1H. The smallest absolute Gasteiger partial charge is 0.191 e. The van der Waals surface area contributed by atoms with E-state index in [1.165, 1.54) is 5.56 Å².